The lowest BCUT2D eigenvalue weighted by atomic mass is 10.1. The predicted molar refractivity (Wildman–Crippen MR) is 81.2 cm³/mol. The first-order valence-electron chi connectivity index (χ1n) is 6.89. The Bertz CT molecular complexity index is 859. The van der Waals surface area contributed by atoms with Crippen molar-refractivity contribution in [2.24, 2.45) is 0 Å². The molecule has 0 saturated carbocycles. The number of imidazole rings is 1. The third kappa shape index (κ3) is 3.27. The van der Waals surface area contributed by atoms with E-state index in [1.54, 1.807) is 12.1 Å². The first-order valence-corrected chi connectivity index (χ1v) is 6.89. The van der Waals surface area contributed by atoms with Crippen molar-refractivity contribution in [1.29, 1.82) is 0 Å². The number of pyridine rings is 1. The number of halogens is 3. The van der Waals surface area contributed by atoms with Crippen molar-refractivity contribution in [2.75, 3.05) is 5.32 Å². The van der Waals surface area contributed by atoms with E-state index < -0.39 is 17.6 Å². The Morgan fingerprint density at radius 1 is 1.08 bits per heavy atom. The van der Waals surface area contributed by atoms with Gasteiger partial charge in [0, 0.05) is 18.0 Å². The molecular weight excluding hydrogens is 321 g/mol. The molecule has 3 aromatic rings. The summed E-state index contributed by atoms with van der Waals surface area (Å²) in [6.45, 7) is 0. The fourth-order valence-electron chi connectivity index (χ4n) is 2.14. The Morgan fingerprint density at radius 3 is 2.54 bits per heavy atom. The zero-order valence-electron chi connectivity index (χ0n) is 12.1. The molecule has 122 valence electrons. The zero-order chi connectivity index (χ0) is 17.2. The first-order chi connectivity index (χ1) is 11.4. The summed E-state index contributed by atoms with van der Waals surface area (Å²) in [5.41, 5.74) is -0.719. The van der Waals surface area contributed by atoms with E-state index in [0.717, 1.165) is 6.07 Å². The van der Waals surface area contributed by atoms with Crippen molar-refractivity contribution >= 4 is 11.7 Å². The third-order valence-corrected chi connectivity index (χ3v) is 3.20. The van der Waals surface area contributed by atoms with Crippen LogP contribution >= 0.6 is 0 Å². The quantitative estimate of drug-likeness (QED) is 0.767. The summed E-state index contributed by atoms with van der Waals surface area (Å²) < 4.78 is 39.2. The number of nitrogens with one attached hydrogen (secondary N) is 2. The molecule has 0 spiro atoms. The topological polar surface area (TPSA) is 70.7 Å². The Labute approximate surface area is 134 Å². The molecule has 0 fully saturated rings. The number of benzene rings is 1. The van der Waals surface area contributed by atoms with E-state index >= 15 is 0 Å². The van der Waals surface area contributed by atoms with Gasteiger partial charge in [-0.05, 0) is 18.2 Å². The van der Waals surface area contributed by atoms with Crippen molar-refractivity contribution < 1.29 is 18.0 Å². The van der Waals surface area contributed by atoms with E-state index in [9.17, 15) is 18.0 Å². The number of nitrogens with zero attached hydrogens (tertiary/aromatic N) is 2. The molecule has 0 aliphatic rings. The van der Waals surface area contributed by atoms with E-state index in [-0.39, 0.29) is 22.9 Å². The standard InChI is InChI=1S/C16H11F3N4O/c17-16(18,19)11-6-2-1-5-10(11)14-21-9-13(22-14)23-15(24)12-7-3-4-8-20-12/h1-9H,(H,21,22)(H,23,24). The molecule has 2 N–H and O–H groups in total. The number of amides is 1. The Hall–Kier alpha value is -3.16. The van der Waals surface area contributed by atoms with Crippen LogP contribution in [0.4, 0.5) is 19.0 Å². The molecule has 0 atom stereocenters. The molecule has 0 unspecified atom stereocenters. The third-order valence-electron chi connectivity index (χ3n) is 3.20. The van der Waals surface area contributed by atoms with Crippen molar-refractivity contribution in [3.8, 4) is 11.4 Å². The van der Waals surface area contributed by atoms with Crippen LogP contribution < -0.4 is 5.32 Å². The second kappa shape index (κ2) is 6.15. The first kappa shape index (κ1) is 15.7. The number of hydrogen-bond acceptors (Lipinski definition) is 3. The van der Waals surface area contributed by atoms with E-state index in [1.807, 2.05) is 0 Å². The minimum absolute atomic E-state index is 0.0132. The fourth-order valence-corrected chi connectivity index (χ4v) is 2.14. The Kier molecular flexibility index (Phi) is 4.03. The summed E-state index contributed by atoms with van der Waals surface area (Å²) in [5.74, 6) is -0.380. The van der Waals surface area contributed by atoms with Gasteiger partial charge in [0.15, 0.2) is 5.82 Å². The van der Waals surface area contributed by atoms with Gasteiger partial charge in [-0.15, -0.1) is 0 Å². The maximum absolute atomic E-state index is 13.1. The molecule has 0 aliphatic carbocycles. The molecule has 0 bridgehead atoms. The van der Waals surface area contributed by atoms with Crippen molar-refractivity contribution in [3.63, 3.8) is 0 Å². The average molecular weight is 332 g/mol. The largest absolute Gasteiger partial charge is 0.417 e. The van der Waals surface area contributed by atoms with Gasteiger partial charge in [0.25, 0.3) is 5.91 Å². The van der Waals surface area contributed by atoms with Crippen LogP contribution in [0.5, 0.6) is 0 Å². The van der Waals surface area contributed by atoms with Crippen molar-refractivity contribution in [1.82, 2.24) is 15.0 Å². The van der Waals surface area contributed by atoms with Crippen molar-refractivity contribution in [2.45, 2.75) is 6.18 Å². The van der Waals surface area contributed by atoms with Crippen LogP contribution in [0.1, 0.15) is 16.1 Å². The lowest BCUT2D eigenvalue weighted by Crippen LogP contribution is -2.13. The molecule has 24 heavy (non-hydrogen) atoms. The fraction of sp³-hybridized carbons (Fsp3) is 0.0625. The number of alkyl halides is 3. The smallest absolute Gasteiger partial charge is 0.343 e. The molecule has 8 heteroatoms. The second-order valence-electron chi connectivity index (χ2n) is 4.85. The summed E-state index contributed by atoms with van der Waals surface area (Å²) >= 11 is 0. The molecule has 2 aromatic heterocycles. The number of rotatable bonds is 3. The highest BCUT2D eigenvalue weighted by molar-refractivity contribution is 6.02. The molecule has 3 rings (SSSR count). The van der Waals surface area contributed by atoms with E-state index in [2.05, 4.69) is 20.3 Å². The maximum Gasteiger partial charge on any atom is 0.417 e. The van der Waals surface area contributed by atoms with Crippen LogP contribution in [0, 0.1) is 0 Å². The number of hydrogen-bond donors (Lipinski definition) is 2. The zero-order valence-corrected chi connectivity index (χ0v) is 12.1. The van der Waals surface area contributed by atoms with Crippen molar-refractivity contribution in [3.05, 3.63) is 66.1 Å². The number of H-pyrrole nitrogens is 1. The molecule has 0 saturated heterocycles. The Morgan fingerprint density at radius 2 is 1.83 bits per heavy atom. The van der Waals surface area contributed by atoms with E-state index in [1.165, 1.54) is 36.7 Å². The number of carbonyl (C=O) groups excluding carboxylic acids is 1. The minimum atomic E-state index is -4.50. The average Bonchev–Trinajstić information content (AvgIpc) is 3.03. The molecule has 0 radical (unpaired) electrons. The van der Waals surface area contributed by atoms with Gasteiger partial charge in [0.2, 0.25) is 0 Å². The normalized spacial score (nSPS) is 11.3. The van der Waals surface area contributed by atoms with Gasteiger partial charge in [-0.3, -0.25) is 9.78 Å². The molecule has 0 aliphatic heterocycles. The molecule has 1 amide bonds. The predicted octanol–water partition coefficient (Wildman–Crippen LogP) is 3.74. The number of aromatic amines is 1. The second-order valence-corrected chi connectivity index (χ2v) is 4.85. The highest BCUT2D eigenvalue weighted by atomic mass is 19.4. The van der Waals surface area contributed by atoms with Crippen LogP contribution in [0.25, 0.3) is 11.4 Å². The Balaban J connectivity index is 1.86. The van der Waals surface area contributed by atoms with Crippen LogP contribution in [-0.4, -0.2) is 20.9 Å². The molecular formula is C16H11F3N4O. The summed E-state index contributed by atoms with van der Waals surface area (Å²) in [6.07, 6.45) is -1.71. The number of anilines is 1. The molecule has 2 heterocycles. The highest BCUT2D eigenvalue weighted by Crippen LogP contribution is 2.36. The van der Waals surface area contributed by atoms with Gasteiger partial charge >= 0.3 is 6.18 Å². The lowest BCUT2D eigenvalue weighted by molar-refractivity contribution is -0.137. The summed E-state index contributed by atoms with van der Waals surface area (Å²) in [6, 6.07) is 9.91. The van der Waals surface area contributed by atoms with Gasteiger partial charge in [-0.25, -0.2) is 4.98 Å². The van der Waals surface area contributed by atoms with Gasteiger partial charge in [0.05, 0.1) is 5.56 Å². The number of aromatic nitrogens is 3. The molecule has 5 nitrogen and oxygen atoms in total. The molecule has 1 aromatic carbocycles. The van der Waals surface area contributed by atoms with Gasteiger partial charge in [0.1, 0.15) is 11.5 Å². The van der Waals surface area contributed by atoms with Crippen LogP contribution in [0.3, 0.4) is 0 Å². The van der Waals surface area contributed by atoms with E-state index in [4.69, 9.17) is 0 Å². The summed E-state index contributed by atoms with van der Waals surface area (Å²) in [5, 5.41) is 2.48. The van der Waals surface area contributed by atoms with Gasteiger partial charge in [-0.2, -0.15) is 13.2 Å². The summed E-state index contributed by atoms with van der Waals surface area (Å²) in [4.78, 5) is 22.5. The van der Waals surface area contributed by atoms with Gasteiger partial charge < -0.3 is 10.3 Å². The van der Waals surface area contributed by atoms with Crippen LogP contribution in [-0.2, 0) is 6.18 Å². The van der Waals surface area contributed by atoms with Crippen LogP contribution in [0.15, 0.2) is 54.9 Å². The lowest BCUT2D eigenvalue weighted by Gasteiger charge is -2.10. The monoisotopic (exact) mass is 332 g/mol. The van der Waals surface area contributed by atoms with Gasteiger partial charge in [-0.1, -0.05) is 24.3 Å². The maximum atomic E-state index is 13.1. The SMILES string of the molecule is O=C(Nc1c[nH]c(-c2ccccc2C(F)(F)F)n1)c1ccccn1. The van der Waals surface area contributed by atoms with Crippen LogP contribution in [0.2, 0.25) is 0 Å². The number of carbonyl (C=O) groups is 1. The highest BCUT2D eigenvalue weighted by Gasteiger charge is 2.34. The minimum Gasteiger partial charge on any atom is -0.343 e. The summed E-state index contributed by atoms with van der Waals surface area (Å²) in [7, 11) is 0. The van der Waals surface area contributed by atoms with E-state index in [0.29, 0.717) is 0 Å².